The summed E-state index contributed by atoms with van der Waals surface area (Å²) >= 11 is 2.07. The van der Waals surface area contributed by atoms with Crippen molar-refractivity contribution in [1.29, 1.82) is 0 Å². The number of hydrogen-bond donors (Lipinski definition) is 1. The molecule has 6 unspecified atom stereocenters. The van der Waals surface area contributed by atoms with Gasteiger partial charge in [-0.25, -0.2) is 0 Å². The zero-order valence-corrected chi connectivity index (χ0v) is 29.5. The minimum atomic E-state index is -1.33. The minimum absolute atomic E-state index is 0.000735. The molecule has 3 fully saturated rings. The molecule has 7 nitrogen and oxygen atoms in total. The van der Waals surface area contributed by atoms with Crippen LogP contribution in [0.3, 0.4) is 0 Å². The topological polar surface area (TPSA) is 101 Å². The number of hydrogen-bond acceptors (Lipinski definition) is 6. The number of imide groups is 1. The molecule has 1 N–H and O–H groups in total. The maximum absolute atomic E-state index is 15.2. The normalized spacial score (nSPS) is 29.9. The number of carbonyl (C=O) groups excluding carboxylic acids is 4. The Morgan fingerprint density at radius 3 is 2.27 bits per heavy atom. The second-order valence-corrected chi connectivity index (χ2v) is 15.3. The molecule has 2 amide bonds. The molecule has 2 saturated carbocycles. The van der Waals surface area contributed by atoms with Gasteiger partial charge >= 0.3 is 0 Å². The number of halogens is 1. The second kappa shape index (κ2) is 12.4. The van der Waals surface area contributed by atoms with E-state index >= 15 is 9.59 Å². The van der Waals surface area contributed by atoms with Crippen molar-refractivity contribution in [2.24, 2.45) is 23.7 Å². The van der Waals surface area contributed by atoms with Gasteiger partial charge in [0.25, 0.3) is 0 Å². The van der Waals surface area contributed by atoms with Crippen LogP contribution in [-0.4, -0.2) is 46.5 Å². The van der Waals surface area contributed by atoms with Crippen molar-refractivity contribution in [1.82, 2.24) is 4.90 Å². The van der Waals surface area contributed by atoms with Gasteiger partial charge in [0.1, 0.15) is 0 Å². The maximum atomic E-state index is 15.2. The van der Waals surface area contributed by atoms with Gasteiger partial charge in [-0.05, 0) is 89.1 Å². The first-order chi connectivity index (χ1) is 23.8. The largest absolute Gasteiger partial charge is 0.504 e. The first-order valence-corrected chi connectivity index (χ1v) is 18.4. The predicted octanol–water partition coefficient (Wildman–Crippen LogP) is 7.16. The maximum Gasteiger partial charge on any atom is 0.233 e. The van der Waals surface area contributed by atoms with Gasteiger partial charge in [-0.15, -0.1) is 0 Å². The molecule has 8 heteroatoms. The van der Waals surface area contributed by atoms with Crippen LogP contribution in [0, 0.1) is 27.2 Å². The number of fused-ring (bicyclic) bond motifs is 4. The molecule has 0 radical (unpaired) electrons. The van der Waals surface area contributed by atoms with Crippen LogP contribution in [0.5, 0.6) is 11.5 Å². The number of allylic oxidation sites excluding steroid dienone is 4. The molecule has 250 valence electrons. The molecule has 0 bridgehead atoms. The van der Waals surface area contributed by atoms with E-state index in [0.717, 1.165) is 48.8 Å². The monoisotopic (exact) mass is 767 g/mol. The van der Waals surface area contributed by atoms with Crippen LogP contribution < -0.4 is 4.74 Å². The van der Waals surface area contributed by atoms with Gasteiger partial charge in [-0.3, -0.25) is 24.1 Å². The number of nitrogens with zero attached hydrogens (tertiary/aromatic N) is 1. The van der Waals surface area contributed by atoms with E-state index in [9.17, 15) is 14.7 Å². The quantitative estimate of drug-likeness (QED) is 0.168. The van der Waals surface area contributed by atoms with Gasteiger partial charge in [0.15, 0.2) is 23.1 Å². The molecule has 1 saturated heterocycles. The summed E-state index contributed by atoms with van der Waals surface area (Å²) in [6, 6.07) is 22.4. The number of Topliss-reactive ketones (excluding diaryl/α,β-unsaturated/α-hetero) is 1. The van der Waals surface area contributed by atoms with Gasteiger partial charge in [-0.2, -0.15) is 0 Å². The highest BCUT2D eigenvalue weighted by molar-refractivity contribution is 14.1. The van der Waals surface area contributed by atoms with Gasteiger partial charge in [0.05, 0.1) is 27.9 Å². The lowest BCUT2D eigenvalue weighted by Gasteiger charge is -2.55. The Bertz CT molecular complexity index is 1930. The summed E-state index contributed by atoms with van der Waals surface area (Å²) in [5.74, 6) is -3.23. The van der Waals surface area contributed by atoms with Crippen molar-refractivity contribution in [3.63, 3.8) is 0 Å². The Balaban J connectivity index is 1.37. The molecular weight excluding hydrogens is 729 g/mol. The highest BCUT2D eigenvalue weighted by Crippen LogP contribution is 2.64. The zero-order valence-electron chi connectivity index (χ0n) is 27.3. The number of phenols is 1. The fraction of sp³-hybridized carbons (Fsp3) is 0.366. The average molecular weight is 768 g/mol. The SMILES string of the molecule is COc1cc(C2C3=CCC4C(=O)N(C5CCCCC5)C(=O)C4C3CC3C(=O)C(c4ccccc4)=CC(=O)C32c2ccccc2)cc(I)c1O. The van der Waals surface area contributed by atoms with Crippen LogP contribution in [0.4, 0.5) is 0 Å². The summed E-state index contributed by atoms with van der Waals surface area (Å²) in [6.45, 7) is 0. The number of benzene rings is 3. The summed E-state index contributed by atoms with van der Waals surface area (Å²) in [5, 5.41) is 10.9. The first kappa shape index (κ1) is 32.2. The lowest BCUT2D eigenvalue weighted by atomic mass is 9.44. The van der Waals surface area contributed by atoms with Crippen molar-refractivity contribution in [2.75, 3.05) is 7.11 Å². The van der Waals surface area contributed by atoms with Gasteiger partial charge < -0.3 is 9.84 Å². The third kappa shape index (κ3) is 4.80. The van der Waals surface area contributed by atoms with E-state index < -0.39 is 35.0 Å². The average Bonchev–Trinajstić information content (AvgIpc) is 3.40. The fourth-order valence-corrected chi connectivity index (χ4v) is 10.5. The lowest BCUT2D eigenvalue weighted by Crippen LogP contribution is -2.58. The predicted molar refractivity (Wildman–Crippen MR) is 193 cm³/mol. The van der Waals surface area contributed by atoms with E-state index in [1.807, 2.05) is 66.7 Å². The van der Waals surface area contributed by atoms with Crippen LogP contribution in [-0.2, 0) is 24.6 Å². The number of ketones is 2. The number of likely N-dealkylation sites (tertiary alicyclic amines) is 1. The minimum Gasteiger partial charge on any atom is -0.504 e. The van der Waals surface area contributed by atoms with Crippen LogP contribution in [0.25, 0.3) is 5.57 Å². The molecule has 4 aliphatic carbocycles. The lowest BCUT2D eigenvalue weighted by molar-refractivity contribution is -0.144. The van der Waals surface area contributed by atoms with Crippen molar-refractivity contribution in [2.45, 2.75) is 62.3 Å². The molecule has 1 aliphatic heterocycles. The van der Waals surface area contributed by atoms with Crippen LogP contribution in [0.1, 0.15) is 67.6 Å². The Morgan fingerprint density at radius 1 is 0.878 bits per heavy atom. The molecule has 0 aromatic heterocycles. The Morgan fingerprint density at radius 2 is 1.57 bits per heavy atom. The van der Waals surface area contributed by atoms with Gasteiger partial charge in [0, 0.05) is 23.5 Å². The Labute approximate surface area is 299 Å². The number of methoxy groups -OCH3 is 1. The van der Waals surface area contributed by atoms with Crippen molar-refractivity contribution in [3.8, 4) is 11.5 Å². The third-order valence-corrected chi connectivity index (χ3v) is 12.8. The number of phenolic OH excluding ortho intramolecular Hbond substituents is 1. The van der Waals surface area contributed by atoms with Crippen molar-refractivity contribution < 1.29 is 29.0 Å². The summed E-state index contributed by atoms with van der Waals surface area (Å²) in [5.41, 5.74) is 2.09. The van der Waals surface area contributed by atoms with Gasteiger partial charge in [-0.1, -0.05) is 91.6 Å². The fourth-order valence-electron chi connectivity index (χ4n) is 9.89. The highest BCUT2D eigenvalue weighted by atomic mass is 127. The van der Waals surface area contributed by atoms with Crippen LogP contribution in [0.2, 0.25) is 0 Å². The molecule has 0 spiro atoms. The number of ether oxygens (including phenoxy) is 1. The molecule has 49 heavy (non-hydrogen) atoms. The van der Waals surface area contributed by atoms with E-state index in [4.69, 9.17) is 4.74 Å². The van der Waals surface area contributed by atoms with E-state index in [0.29, 0.717) is 21.1 Å². The van der Waals surface area contributed by atoms with Crippen LogP contribution in [0.15, 0.2) is 90.5 Å². The van der Waals surface area contributed by atoms with E-state index in [1.54, 1.807) is 11.0 Å². The number of aromatic hydroxyl groups is 1. The highest BCUT2D eigenvalue weighted by Gasteiger charge is 2.66. The molecule has 1 heterocycles. The Kier molecular flexibility index (Phi) is 8.12. The Hall–Kier alpha value is -4.05. The molecule has 3 aromatic rings. The number of amides is 2. The van der Waals surface area contributed by atoms with E-state index in [2.05, 4.69) is 28.7 Å². The molecule has 8 rings (SSSR count). The molecule has 5 aliphatic rings. The van der Waals surface area contributed by atoms with E-state index in [1.165, 1.54) is 13.2 Å². The summed E-state index contributed by atoms with van der Waals surface area (Å²) in [6.07, 6.45) is 9.06. The van der Waals surface area contributed by atoms with Crippen molar-refractivity contribution >= 4 is 51.5 Å². The standard InChI is InChI=1S/C41H38INO6/c1-49-33-20-24(19-32(42)38(33)46)36-27-17-18-28-35(40(48)43(39(28)47)26-15-9-4-10-16-26)30(27)21-31-37(45)29(23-11-5-2-6-12-23)22-34(44)41(31,36)25-13-7-3-8-14-25/h2-3,5-8,11-14,17,19-20,22,26,28,30-31,35-36,46H,4,9-10,15-16,18,21H2,1H3. The second-order valence-electron chi connectivity index (χ2n) is 14.2. The zero-order chi connectivity index (χ0) is 34.0. The first-order valence-electron chi connectivity index (χ1n) is 17.3. The number of rotatable bonds is 5. The van der Waals surface area contributed by atoms with Crippen molar-refractivity contribution in [3.05, 3.63) is 111 Å². The van der Waals surface area contributed by atoms with Crippen LogP contribution >= 0.6 is 22.6 Å². The molecule has 3 aromatic carbocycles. The summed E-state index contributed by atoms with van der Waals surface area (Å²) < 4.78 is 6.18. The third-order valence-electron chi connectivity index (χ3n) is 12.0. The molecular formula is C41H38INO6. The van der Waals surface area contributed by atoms with Gasteiger partial charge in [0.2, 0.25) is 11.8 Å². The smallest absolute Gasteiger partial charge is 0.233 e. The van der Waals surface area contributed by atoms with E-state index in [-0.39, 0.29) is 47.3 Å². The summed E-state index contributed by atoms with van der Waals surface area (Å²) in [4.78, 5) is 60.4. The number of carbonyl (C=O) groups is 4. The molecule has 6 atom stereocenters. The summed E-state index contributed by atoms with van der Waals surface area (Å²) in [7, 11) is 1.49.